The van der Waals surface area contributed by atoms with E-state index in [1.807, 2.05) is 24.3 Å². The highest BCUT2D eigenvalue weighted by Crippen LogP contribution is 2.33. The Balaban J connectivity index is 2.21. The zero-order valence-electron chi connectivity index (χ0n) is 10.4. The van der Waals surface area contributed by atoms with Gasteiger partial charge in [-0.25, -0.2) is 4.39 Å². The number of hydrogen-bond acceptors (Lipinski definition) is 1. The predicted molar refractivity (Wildman–Crippen MR) is 79.4 cm³/mol. The number of rotatable bonds is 4. The fraction of sp³-hybridized carbons (Fsp3) is 0.200. The highest BCUT2D eigenvalue weighted by atomic mass is 79.9. The van der Waals surface area contributed by atoms with Crippen LogP contribution in [0.3, 0.4) is 0 Å². The van der Waals surface area contributed by atoms with Crippen molar-refractivity contribution in [2.75, 3.05) is 7.11 Å². The van der Waals surface area contributed by atoms with Gasteiger partial charge in [-0.1, -0.05) is 40.2 Å². The van der Waals surface area contributed by atoms with Gasteiger partial charge in [0.1, 0.15) is 11.6 Å². The lowest BCUT2D eigenvalue weighted by Gasteiger charge is -2.13. The second-order valence-electron chi connectivity index (χ2n) is 4.15. The Morgan fingerprint density at radius 2 is 2.00 bits per heavy atom. The molecular formula is C15H13BrClFO. The van der Waals surface area contributed by atoms with Gasteiger partial charge in [0.25, 0.3) is 0 Å². The molecule has 0 radical (unpaired) electrons. The third-order valence-corrected chi connectivity index (χ3v) is 3.98. The molecule has 0 aromatic heterocycles. The van der Waals surface area contributed by atoms with E-state index in [0.29, 0.717) is 12.0 Å². The van der Waals surface area contributed by atoms with Crippen LogP contribution in [-0.2, 0) is 6.42 Å². The van der Waals surface area contributed by atoms with Gasteiger partial charge in [-0.2, -0.15) is 0 Å². The topological polar surface area (TPSA) is 9.23 Å². The Morgan fingerprint density at radius 3 is 2.63 bits per heavy atom. The van der Waals surface area contributed by atoms with Crippen molar-refractivity contribution in [2.24, 2.45) is 0 Å². The minimum atomic E-state index is -0.294. The summed E-state index contributed by atoms with van der Waals surface area (Å²) in [5.41, 5.74) is 1.54. The normalized spacial score (nSPS) is 12.2. The molecule has 100 valence electrons. The first-order chi connectivity index (χ1) is 9.11. The third-order valence-electron chi connectivity index (χ3n) is 2.90. The Bertz CT molecular complexity index is 574. The second-order valence-corrected chi connectivity index (χ2v) is 5.53. The molecular weight excluding hydrogens is 331 g/mol. The molecule has 0 saturated heterocycles. The van der Waals surface area contributed by atoms with E-state index >= 15 is 0 Å². The van der Waals surface area contributed by atoms with Crippen molar-refractivity contribution in [3.05, 3.63) is 63.9 Å². The summed E-state index contributed by atoms with van der Waals surface area (Å²) in [5, 5.41) is -0.294. The van der Waals surface area contributed by atoms with Crippen molar-refractivity contribution >= 4 is 27.5 Å². The number of hydrogen-bond donors (Lipinski definition) is 0. The first-order valence-electron chi connectivity index (χ1n) is 5.82. The largest absolute Gasteiger partial charge is 0.497 e. The fourth-order valence-electron chi connectivity index (χ4n) is 1.86. The average Bonchev–Trinajstić information content (AvgIpc) is 2.41. The number of benzene rings is 2. The molecule has 2 aromatic rings. The van der Waals surface area contributed by atoms with Crippen molar-refractivity contribution < 1.29 is 9.13 Å². The molecule has 0 heterocycles. The van der Waals surface area contributed by atoms with Crippen LogP contribution >= 0.6 is 27.5 Å². The molecule has 0 aliphatic carbocycles. The minimum absolute atomic E-state index is 0.224. The van der Waals surface area contributed by atoms with Gasteiger partial charge in [-0.3, -0.25) is 0 Å². The molecule has 0 saturated carbocycles. The van der Waals surface area contributed by atoms with Crippen molar-refractivity contribution in [3.8, 4) is 5.75 Å². The van der Waals surface area contributed by atoms with Crippen LogP contribution in [0.25, 0.3) is 0 Å². The van der Waals surface area contributed by atoms with Crippen LogP contribution in [0.1, 0.15) is 16.5 Å². The Hall–Kier alpha value is -1.06. The zero-order chi connectivity index (χ0) is 13.8. The van der Waals surface area contributed by atoms with E-state index in [9.17, 15) is 4.39 Å². The molecule has 0 aliphatic rings. The van der Waals surface area contributed by atoms with Gasteiger partial charge in [-0.05, 0) is 35.7 Å². The molecule has 0 amide bonds. The van der Waals surface area contributed by atoms with E-state index in [1.54, 1.807) is 19.2 Å². The van der Waals surface area contributed by atoms with Gasteiger partial charge in [0.15, 0.2) is 0 Å². The molecule has 0 N–H and O–H groups in total. The summed E-state index contributed by atoms with van der Waals surface area (Å²) in [4.78, 5) is 0. The molecule has 1 nitrogen and oxygen atoms in total. The van der Waals surface area contributed by atoms with Crippen LogP contribution in [0, 0.1) is 5.82 Å². The number of ether oxygens (including phenoxy) is 1. The summed E-state index contributed by atoms with van der Waals surface area (Å²) in [7, 11) is 1.61. The first kappa shape index (κ1) is 14.4. The van der Waals surface area contributed by atoms with Crippen LogP contribution < -0.4 is 4.74 Å². The van der Waals surface area contributed by atoms with Crippen LogP contribution in [0.2, 0.25) is 0 Å². The van der Waals surface area contributed by atoms with Gasteiger partial charge in [-0.15, -0.1) is 11.6 Å². The summed E-state index contributed by atoms with van der Waals surface area (Å²) >= 11 is 9.84. The SMILES string of the molecule is COc1ccc(C(Cl)Cc2ccccc2F)c(Br)c1. The van der Waals surface area contributed by atoms with Gasteiger partial charge >= 0.3 is 0 Å². The second kappa shape index (κ2) is 6.40. The lowest BCUT2D eigenvalue weighted by atomic mass is 10.0. The third kappa shape index (κ3) is 3.48. The first-order valence-corrected chi connectivity index (χ1v) is 7.05. The van der Waals surface area contributed by atoms with Crippen molar-refractivity contribution in [3.63, 3.8) is 0 Å². The van der Waals surface area contributed by atoms with Crippen LogP contribution in [0.4, 0.5) is 4.39 Å². The number of alkyl halides is 1. The predicted octanol–water partition coefficient (Wildman–Crippen LogP) is 5.12. The highest BCUT2D eigenvalue weighted by molar-refractivity contribution is 9.10. The lowest BCUT2D eigenvalue weighted by Crippen LogP contribution is -1.99. The van der Waals surface area contributed by atoms with E-state index < -0.39 is 0 Å². The highest BCUT2D eigenvalue weighted by Gasteiger charge is 2.14. The van der Waals surface area contributed by atoms with E-state index in [0.717, 1.165) is 15.8 Å². The average molecular weight is 344 g/mol. The maximum atomic E-state index is 13.6. The standard InChI is InChI=1S/C15H13BrClFO/c1-19-11-6-7-12(13(16)9-11)14(17)8-10-4-2-3-5-15(10)18/h2-7,9,14H,8H2,1H3. The lowest BCUT2D eigenvalue weighted by molar-refractivity contribution is 0.414. The molecule has 1 atom stereocenters. The molecule has 19 heavy (non-hydrogen) atoms. The molecule has 0 bridgehead atoms. The quantitative estimate of drug-likeness (QED) is 0.700. The molecule has 1 unspecified atom stereocenters. The van der Waals surface area contributed by atoms with Crippen molar-refractivity contribution in [1.82, 2.24) is 0 Å². The van der Waals surface area contributed by atoms with Gasteiger partial charge in [0, 0.05) is 4.47 Å². The summed E-state index contributed by atoms with van der Waals surface area (Å²) in [6, 6.07) is 12.3. The van der Waals surface area contributed by atoms with Crippen LogP contribution in [0.5, 0.6) is 5.75 Å². The summed E-state index contributed by atoms with van der Waals surface area (Å²) in [6.45, 7) is 0. The minimum Gasteiger partial charge on any atom is -0.497 e. The Morgan fingerprint density at radius 1 is 1.26 bits per heavy atom. The number of halogens is 3. The summed E-state index contributed by atoms with van der Waals surface area (Å²) in [5.74, 6) is 0.531. The van der Waals surface area contributed by atoms with Crippen molar-refractivity contribution in [2.45, 2.75) is 11.8 Å². The molecule has 0 fully saturated rings. The van der Waals surface area contributed by atoms with Gasteiger partial charge < -0.3 is 4.74 Å². The maximum absolute atomic E-state index is 13.6. The monoisotopic (exact) mass is 342 g/mol. The molecule has 0 aliphatic heterocycles. The maximum Gasteiger partial charge on any atom is 0.126 e. The number of methoxy groups -OCH3 is 1. The summed E-state index contributed by atoms with van der Waals surface area (Å²) in [6.07, 6.45) is 0.444. The molecule has 2 rings (SSSR count). The fourth-order valence-corrected chi connectivity index (χ4v) is 2.98. The molecule has 4 heteroatoms. The smallest absolute Gasteiger partial charge is 0.126 e. The Labute approximate surface area is 125 Å². The van der Waals surface area contributed by atoms with Gasteiger partial charge in [0.2, 0.25) is 0 Å². The summed E-state index contributed by atoms with van der Waals surface area (Å²) < 4.78 is 19.6. The van der Waals surface area contributed by atoms with Crippen molar-refractivity contribution in [1.29, 1.82) is 0 Å². The van der Waals surface area contributed by atoms with E-state index in [4.69, 9.17) is 16.3 Å². The molecule has 2 aromatic carbocycles. The van der Waals surface area contributed by atoms with E-state index in [-0.39, 0.29) is 11.2 Å². The van der Waals surface area contributed by atoms with E-state index in [2.05, 4.69) is 15.9 Å². The van der Waals surface area contributed by atoms with Crippen LogP contribution in [0.15, 0.2) is 46.9 Å². The zero-order valence-corrected chi connectivity index (χ0v) is 12.7. The van der Waals surface area contributed by atoms with Gasteiger partial charge in [0.05, 0.1) is 12.5 Å². The molecule has 0 spiro atoms. The Kier molecular flexibility index (Phi) is 4.83. The van der Waals surface area contributed by atoms with E-state index in [1.165, 1.54) is 6.07 Å². The van der Waals surface area contributed by atoms with Crippen LogP contribution in [-0.4, -0.2) is 7.11 Å².